The number of hydrogen-bond donors (Lipinski definition) is 0. The molecule has 0 aliphatic heterocycles. The van der Waals surface area contributed by atoms with E-state index in [0.717, 1.165) is 0 Å². The third kappa shape index (κ3) is 3.21. The van der Waals surface area contributed by atoms with E-state index < -0.39 is 0 Å². The SMILES string of the molecule is COC(=O)/C=C/C1(C)CCCCC1. The van der Waals surface area contributed by atoms with Crippen molar-refractivity contribution in [2.75, 3.05) is 7.11 Å². The first-order valence-electron chi connectivity index (χ1n) is 4.93. The van der Waals surface area contributed by atoms with Crippen LogP contribution in [0, 0.1) is 5.41 Å². The van der Waals surface area contributed by atoms with E-state index in [0.29, 0.717) is 0 Å². The molecule has 0 spiro atoms. The summed E-state index contributed by atoms with van der Waals surface area (Å²) in [5.41, 5.74) is 0.229. The molecular weight excluding hydrogens is 164 g/mol. The number of hydrogen-bond acceptors (Lipinski definition) is 2. The van der Waals surface area contributed by atoms with Crippen molar-refractivity contribution in [3.8, 4) is 0 Å². The Morgan fingerprint density at radius 1 is 1.31 bits per heavy atom. The van der Waals surface area contributed by atoms with Gasteiger partial charge >= 0.3 is 5.97 Å². The Labute approximate surface area is 80.0 Å². The van der Waals surface area contributed by atoms with Crippen molar-refractivity contribution >= 4 is 5.97 Å². The molecule has 0 aromatic heterocycles. The lowest BCUT2D eigenvalue weighted by molar-refractivity contribution is -0.134. The molecule has 0 atom stereocenters. The Hall–Kier alpha value is -0.790. The van der Waals surface area contributed by atoms with E-state index in [1.165, 1.54) is 39.2 Å². The topological polar surface area (TPSA) is 26.3 Å². The van der Waals surface area contributed by atoms with Gasteiger partial charge in [0, 0.05) is 6.08 Å². The van der Waals surface area contributed by atoms with Gasteiger partial charge in [0.2, 0.25) is 0 Å². The van der Waals surface area contributed by atoms with Gasteiger partial charge < -0.3 is 4.74 Å². The number of methoxy groups -OCH3 is 1. The number of esters is 1. The maximum absolute atomic E-state index is 10.9. The van der Waals surface area contributed by atoms with Crippen LogP contribution < -0.4 is 0 Å². The summed E-state index contributed by atoms with van der Waals surface area (Å²) in [6.07, 6.45) is 9.86. The molecule has 0 aromatic carbocycles. The molecule has 0 unspecified atom stereocenters. The quantitative estimate of drug-likeness (QED) is 0.485. The summed E-state index contributed by atoms with van der Waals surface area (Å²) in [5, 5.41) is 0. The number of rotatable bonds is 2. The Kier molecular flexibility index (Phi) is 3.52. The summed E-state index contributed by atoms with van der Waals surface area (Å²) >= 11 is 0. The molecule has 0 bridgehead atoms. The van der Waals surface area contributed by atoms with Crippen LogP contribution in [0.1, 0.15) is 39.0 Å². The van der Waals surface area contributed by atoms with Crippen LogP contribution in [0.25, 0.3) is 0 Å². The van der Waals surface area contributed by atoms with Crippen LogP contribution in [0.4, 0.5) is 0 Å². The molecule has 2 heteroatoms. The summed E-state index contributed by atoms with van der Waals surface area (Å²) in [6, 6.07) is 0. The van der Waals surface area contributed by atoms with E-state index in [1.807, 2.05) is 6.08 Å². The molecule has 2 nitrogen and oxygen atoms in total. The van der Waals surface area contributed by atoms with Gasteiger partial charge in [-0.15, -0.1) is 0 Å². The first-order valence-corrected chi connectivity index (χ1v) is 4.93. The van der Waals surface area contributed by atoms with Crippen LogP contribution in [-0.4, -0.2) is 13.1 Å². The van der Waals surface area contributed by atoms with Crippen LogP contribution in [0.5, 0.6) is 0 Å². The maximum atomic E-state index is 10.9. The van der Waals surface area contributed by atoms with Gasteiger partial charge in [0.15, 0.2) is 0 Å². The molecule has 0 amide bonds. The normalized spacial score (nSPS) is 21.7. The van der Waals surface area contributed by atoms with Gasteiger partial charge in [0.05, 0.1) is 7.11 Å². The van der Waals surface area contributed by atoms with Crippen molar-refractivity contribution in [1.29, 1.82) is 0 Å². The molecule has 1 aliphatic carbocycles. The average molecular weight is 182 g/mol. The first-order chi connectivity index (χ1) is 6.16. The number of allylic oxidation sites excluding steroid dienone is 1. The summed E-state index contributed by atoms with van der Waals surface area (Å²) in [5.74, 6) is -0.244. The zero-order chi connectivity index (χ0) is 9.73. The van der Waals surface area contributed by atoms with Gasteiger partial charge in [-0.1, -0.05) is 32.3 Å². The third-order valence-electron chi connectivity index (χ3n) is 2.82. The molecule has 1 saturated carbocycles. The van der Waals surface area contributed by atoms with Gasteiger partial charge in [0.1, 0.15) is 0 Å². The highest BCUT2D eigenvalue weighted by molar-refractivity contribution is 5.81. The van der Waals surface area contributed by atoms with E-state index in [9.17, 15) is 4.79 Å². The lowest BCUT2D eigenvalue weighted by Gasteiger charge is -2.30. The van der Waals surface area contributed by atoms with Crippen LogP contribution in [0.3, 0.4) is 0 Å². The Morgan fingerprint density at radius 2 is 1.92 bits per heavy atom. The molecule has 1 aliphatic rings. The summed E-state index contributed by atoms with van der Waals surface area (Å²) in [6.45, 7) is 2.21. The van der Waals surface area contributed by atoms with E-state index in [1.54, 1.807) is 6.08 Å². The van der Waals surface area contributed by atoms with Crippen molar-refractivity contribution in [3.05, 3.63) is 12.2 Å². The molecule has 0 saturated heterocycles. The first kappa shape index (κ1) is 10.3. The van der Waals surface area contributed by atoms with Crippen molar-refractivity contribution in [3.63, 3.8) is 0 Å². The highest BCUT2D eigenvalue weighted by atomic mass is 16.5. The largest absolute Gasteiger partial charge is 0.466 e. The number of ether oxygens (including phenoxy) is 1. The predicted octanol–water partition coefficient (Wildman–Crippen LogP) is 2.69. The zero-order valence-electron chi connectivity index (χ0n) is 8.51. The Bertz CT molecular complexity index is 200. The average Bonchev–Trinajstić information content (AvgIpc) is 2.15. The molecule has 0 N–H and O–H groups in total. The Morgan fingerprint density at radius 3 is 2.46 bits per heavy atom. The highest BCUT2D eigenvalue weighted by Gasteiger charge is 2.23. The van der Waals surface area contributed by atoms with Gasteiger partial charge in [-0.3, -0.25) is 0 Å². The molecule has 74 valence electrons. The predicted molar refractivity (Wildman–Crippen MR) is 52.3 cm³/mol. The zero-order valence-corrected chi connectivity index (χ0v) is 8.51. The lowest BCUT2D eigenvalue weighted by atomic mass is 9.75. The minimum Gasteiger partial charge on any atom is -0.466 e. The van der Waals surface area contributed by atoms with E-state index in [-0.39, 0.29) is 11.4 Å². The van der Waals surface area contributed by atoms with Gasteiger partial charge in [-0.05, 0) is 18.3 Å². The molecule has 0 heterocycles. The fourth-order valence-electron chi connectivity index (χ4n) is 1.86. The molecule has 0 aromatic rings. The molecular formula is C11H18O2. The second-order valence-corrected chi connectivity index (χ2v) is 4.07. The summed E-state index contributed by atoms with van der Waals surface area (Å²) < 4.78 is 4.56. The van der Waals surface area contributed by atoms with E-state index >= 15 is 0 Å². The van der Waals surface area contributed by atoms with Gasteiger partial charge in [0.25, 0.3) is 0 Å². The molecule has 1 fully saturated rings. The van der Waals surface area contributed by atoms with Gasteiger partial charge in [-0.2, -0.15) is 0 Å². The minimum atomic E-state index is -0.244. The Balaban J connectivity index is 2.49. The van der Waals surface area contributed by atoms with Crippen LogP contribution >= 0.6 is 0 Å². The van der Waals surface area contributed by atoms with Crippen LogP contribution in [0.15, 0.2) is 12.2 Å². The van der Waals surface area contributed by atoms with E-state index in [2.05, 4.69) is 11.7 Å². The number of carbonyl (C=O) groups excluding carboxylic acids is 1. The summed E-state index contributed by atoms with van der Waals surface area (Å²) in [7, 11) is 1.41. The molecule has 1 rings (SSSR count). The number of carbonyl (C=O) groups is 1. The van der Waals surface area contributed by atoms with Crippen molar-refractivity contribution < 1.29 is 9.53 Å². The fourth-order valence-corrected chi connectivity index (χ4v) is 1.86. The monoisotopic (exact) mass is 182 g/mol. The van der Waals surface area contributed by atoms with Crippen LogP contribution in [-0.2, 0) is 9.53 Å². The second kappa shape index (κ2) is 4.45. The van der Waals surface area contributed by atoms with Crippen LogP contribution in [0.2, 0.25) is 0 Å². The van der Waals surface area contributed by atoms with Crippen molar-refractivity contribution in [1.82, 2.24) is 0 Å². The van der Waals surface area contributed by atoms with E-state index in [4.69, 9.17) is 0 Å². The second-order valence-electron chi connectivity index (χ2n) is 4.07. The van der Waals surface area contributed by atoms with Crippen molar-refractivity contribution in [2.45, 2.75) is 39.0 Å². The van der Waals surface area contributed by atoms with Gasteiger partial charge in [-0.25, -0.2) is 4.79 Å². The lowest BCUT2D eigenvalue weighted by Crippen LogP contribution is -2.17. The standard InChI is InChI=1S/C11H18O2/c1-11(7-4-3-5-8-11)9-6-10(12)13-2/h6,9H,3-5,7-8H2,1-2H3/b9-6+. The highest BCUT2D eigenvalue weighted by Crippen LogP contribution is 2.36. The smallest absolute Gasteiger partial charge is 0.330 e. The van der Waals surface area contributed by atoms with Crippen molar-refractivity contribution in [2.24, 2.45) is 5.41 Å². The third-order valence-corrected chi connectivity index (χ3v) is 2.82. The molecule has 13 heavy (non-hydrogen) atoms. The maximum Gasteiger partial charge on any atom is 0.330 e. The fraction of sp³-hybridized carbons (Fsp3) is 0.727. The minimum absolute atomic E-state index is 0.229. The summed E-state index contributed by atoms with van der Waals surface area (Å²) in [4.78, 5) is 10.9. The molecule has 0 radical (unpaired) electrons.